The van der Waals surface area contributed by atoms with E-state index in [1.54, 1.807) is 65.3 Å². The van der Waals surface area contributed by atoms with Gasteiger partial charge in [0, 0.05) is 38.9 Å². The number of hydrogen-bond donors (Lipinski definition) is 1. The number of benzene rings is 2. The Bertz CT molecular complexity index is 1590. The largest absolute Gasteiger partial charge is 0.497 e. The third-order valence-corrected chi connectivity index (χ3v) is 10.4. The molecule has 11 nitrogen and oxygen atoms in total. The first-order valence-electron chi connectivity index (χ1n) is 17.1. The van der Waals surface area contributed by atoms with Gasteiger partial charge in [-0.25, -0.2) is 0 Å². The highest BCUT2D eigenvalue weighted by molar-refractivity contribution is 6.05. The number of allylic oxidation sites excluding steroid dienone is 1. The third kappa shape index (κ3) is 6.37. The predicted molar refractivity (Wildman–Crippen MR) is 181 cm³/mol. The Labute approximate surface area is 287 Å². The summed E-state index contributed by atoms with van der Waals surface area (Å²) in [6.07, 6.45) is 7.99. The van der Waals surface area contributed by atoms with Crippen molar-refractivity contribution in [3.05, 3.63) is 84.5 Å². The van der Waals surface area contributed by atoms with Crippen LogP contribution in [0.15, 0.2) is 78.9 Å². The summed E-state index contributed by atoms with van der Waals surface area (Å²) in [5.41, 5.74) is -0.0754. The fraction of sp³-hybridized carbons (Fsp3) is 0.474. The summed E-state index contributed by atoms with van der Waals surface area (Å²) in [6.45, 7) is 2.38. The van der Waals surface area contributed by atoms with Gasteiger partial charge >= 0.3 is 5.97 Å². The summed E-state index contributed by atoms with van der Waals surface area (Å²) in [5.74, 6) is -2.78. The summed E-state index contributed by atoms with van der Waals surface area (Å²) in [7, 11) is 3.28. The number of methoxy groups -OCH3 is 1. The molecule has 3 amide bonds. The second-order valence-corrected chi connectivity index (χ2v) is 13.2. The molecule has 0 aromatic heterocycles. The minimum atomic E-state index is -1.44. The number of nitrogens with zero attached hydrogens (tertiary/aromatic N) is 3. The van der Waals surface area contributed by atoms with Crippen LogP contribution in [0.4, 0.5) is 5.69 Å². The molecule has 2 aromatic carbocycles. The smallest absolute Gasteiger partial charge is 0.313 e. The van der Waals surface area contributed by atoms with Crippen LogP contribution in [0.5, 0.6) is 5.75 Å². The molecule has 7 atom stereocenters. The molecule has 0 radical (unpaired) electrons. The van der Waals surface area contributed by atoms with E-state index in [9.17, 15) is 24.3 Å². The number of carbonyl (C=O) groups excluding carboxylic acids is 4. The number of likely N-dealkylation sites (N-methyl/N-ethyl adjacent to an activating group) is 1. The Hall–Kier alpha value is -4.48. The number of cyclic esters (lactones) is 1. The van der Waals surface area contributed by atoms with E-state index >= 15 is 0 Å². The number of aliphatic hydroxyl groups is 1. The monoisotopic (exact) mass is 671 g/mol. The van der Waals surface area contributed by atoms with Crippen molar-refractivity contribution < 1.29 is 38.5 Å². The normalized spacial score (nSPS) is 30.9. The van der Waals surface area contributed by atoms with Crippen molar-refractivity contribution in [1.82, 2.24) is 9.80 Å². The van der Waals surface area contributed by atoms with E-state index < -0.39 is 47.7 Å². The van der Waals surface area contributed by atoms with E-state index in [1.165, 1.54) is 0 Å². The van der Waals surface area contributed by atoms with Gasteiger partial charge < -0.3 is 34.0 Å². The highest BCUT2D eigenvalue weighted by Crippen LogP contribution is 2.53. The third-order valence-electron chi connectivity index (χ3n) is 10.4. The molecule has 11 heteroatoms. The lowest BCUT2D eigenvalue weighted by molar-refractivity contribution is -0.164. The Morgan fingerprint density at radius 1 is 0.959 bits per heavy atom. The van der Waals surface area contributed by atoms with Crippen LogP contribution in [0.1, 0.15) is 50.7 Å². The Morgan fingerprint density at radius 2 is 1.71 bits per heavy atom. The SMILES string of the molecule is COc1ccc(N2CC=C[C@]34O[C@@H]5/C=C\CCC(=O)N(C)[C@H](C)[C@@H](c6ccccc6)OC(=O)[C@@H]5[C@H]3C(=O)N(CCCCCO)[C@@H]4C2=O)cc1. The number of amides is 3. The first-order chi connectivity index (χ1) is 23.7. The van der Waals surface area contributed by atoms with E-state index in [0.29, 0.717) is 37.1 Å². The average molecular weight is 672 g/mol. The summed E-state index contributed by atoms with van der Waals surface area (Å²) in [5, 5.41) is 9.39. The van der Waals surface area contributed by atoms with E-state index in [1.807, 2.05) is 49.4 Å². The van der Waals surface area contributed by atoms with Crippen LogP contribution in [0.2, 0.25) is 0 Å². The fourth-order valence-corrected chi connectivity index (χ4v) is 7.69. The first-order valence-corrected chi connectivity index (χ1v) is 17.1. The molecular weight excluding hydrogens is 626 g/mol. The van der Waals surface area contributed by atoms with Crippen molar-refractivity contribution in [2.24, 2.45) is 11.8 Å². The molecule has 2 saturated heterocycles. The van der Waals surface area contributed by atoms with Crippen LogP contribution in [0, 0.1) is 11.8 Å². The molecule has 1 N–H and O–H groups in total. The van der Waals surface area contributed by atoms with Crippen molar-refractivity contribution in [3.8, 4) is 5.75 Å². The van der Waals surface area contributed by atoms with Crippen molar-refractivity contribution in [1.29, 1.82) is 0 Å². The highest BCUT2D eigenvalue weighted by Gasteiger charge is 2.71. The zero-order chi connectivity index (χ0) is 34.7. The topological polar surface area (TPSA) is 126 Å². The van der Waals surface area contributed by atoms with Crippen LogP contribution < -0.4 is 9.64 Å². The summed E-state index contributed by atoms with van der Waals surface area (Å²) in [6, 6.07) is 14.9. The summed E-state index contributed by atoms with van der Waals surface area (Å²) in [4.78, 5) is 61.9. The predicted octanol–water partition coefficient (Wildman–Crippen LogP) is 3.82. The van der Waals surface area contributed by atoms with Gasteiger partial charge in [-0.05, 0) is 62.4 Å². The van der Waals surface area contributed by atoms with E-state index in [4.69, 9.17) is 14.2 Å². The van der Waals surface area contributed by atoms with E-state index in [0.717, 1.165) is 5.56 Å². The molecule has 49 heavy (non-hydrogen) atoms. The molecule has 0 unspecified atom stereocenters. The maximum Gasteiger partial charge on any atom is 0.313 e. The molecular formula is C38H45N3O8. The number of anilines is 1. The Morgan fingerprint density at radius 3 is 2.43 bits per heavy atom. The maximum absolute atomic E-state index is 14.7. The van der Waals surface area contributed by atoms with Gasteiger partial charge in [0.05, 0.1) is 25.2 Å². The van der Waals surface area contributed by atoms with Crippen molar-refractivity contribution >= 4 is 29.4 Å². The quantitative estimate of drug-likeness (QED) is 0.255. The molecule has 260 valence electrons. The second-order valence-electron chi connectivity index (χ2n) is 13.2. The molecule has 1 spiro atoms. The van der Waals surface area contributed by atoms with Crippen molar-refractivity contribution in [3.63, 3.8) is 0 Å². The summed E-state index contributed by atoms with van der Waals surface area (Å²) >= 11 is 0. The van der Waals surface area contributed by atoms with Crippen LogP contribution in [-0.4, -0.2) is 96.2 Å². The number of ether oxygens (including phenoxy) is 3. The number of likely N-dealkylation sites (tertiary alicyclic amines) is 1. The van der Waals surface area contributed by atoms with Crippen LogP contribution in [0.3, 0.4) is 0 Å². The van der Waals surface area contributed by atoms with Gasteiger partial charge in [0.15, 0.2) is 0 Å². The van der Waals surface area contributed by atoms with Crippen molar-refractivity contribution in [2.45, 2.75) is 68.9 Å². The molecule has 6 rings (SSSR count). The second kappa shape index (κ2) is 14.6. The molecule has 4 aliphatic rings. The molecule has 0 aliphatic carbocycles. The first kappa shape index (κ1) is 34.4. The number of rotatable bonds is 8. The lowest BCUT2D eigenvalue weighted by Gasteiger charge is -2.35. The van der Waals surface area contributed by atoms with Crippen molar-refractivity contribution in [2.75, 3.05) is 38.8 Å². The fourth-order valence-electron chi connectivity index (χ4n) is 7.69. The lowest BCUT2D eigenvalue weighted by Crippen LogP contribution is -2.55. The molecule has 4 heterocycles. The minimum Gasteiger partial charge on any atom is -0.497 e. The Balaban J connectivity index is 1.42. The van der Waals surface area contributed by atoms with E-state index in [-0.39, 0.29) is 43.8 Å². The molecule has 0 bridgehead atoms. The number of unbranched alkanes of at least 4 members (excludes halogenated alkanes) is 2. The highest BCUT2D eigenvalue weighted by atomic mass is 16.6. The zero-order valence-corrected chi connectivity index (χ0v) is 28.3. The van der Waals surface area contributed by atoms with Gasteiger partial charge in [0.1, 0.15) is 29.4 Å². The van der Waals surface area contributed by atoms with E-state index in [2.05, 4.69) is 0 Å². The number of aliphatic hydroxyl groups excluding tert-OH is 1. The number of esters is 1. The molecule has 2 fully saturated rings. The maximum atomic E-state index is 14.7. The lowest BCUT2D eigenvalue weighted by atomic mass is 9.77. The number of fused-ring (bicyclic) bond motifs is 2. The minimum absolute atomic E-state index is 0.0314. The Kier molecular flexibility index (Phi) is 10.2. The standard InChI is InChI=1S/C38H45N3O8/c1-25-33(26-13-6-4-7-14-26)48-37(46)31-29(15-8-9-16-30(43)39(25)2)49-38-21-12-23-40(27-17-19-28(47-3)20-18-27)36(45)34(38)41(35(44)32(31)38)22-10-5-11-24-42/h4,6-8,12-15,17-21,25,29,31-34,42H,5,9-11,16,22-24H2,1-3H3/b15-8-/t25-,29-,31+,32+,33+,34-,38+/m1/s1. The molecule has 0 saturated carbocycles. The van der Waals surface area contributed by atoms with Crippen LogP contribution in [0.25, 0.3) is 0 Å². The molecule has 2 aromatic rings. The van der Waals surface area contributed by atoms with Gasteiger partial charge in [-0.2, -0.15) is 0 Å². The molecule has 4 aliphatic heterocycles. The van der Waals surface area contributed by atoms with Gasteiger partial charge in [-0.3, -0.25) is 19.2 Å². The van der Waals surface area contributed by atoms with Gasteiger partial charge in [-0.1, -0.05) is 54.6 Å². The van der Waals surface area contributed by atoms with Crippen LogP contribution in [-0.2, 0) is 28.7 Å². The average Bonchev–Trinajstić information content (AvgIpc) is 3.50. The summed E-state index contributed by atoms with van der Waals surface area (Å²) < 4.78 is 18.5. The van der Waals surface area contributed by atoms with Gasteiger partial charge in [0.2, 0.25) is 11.8 Å². The van der Waals surface area contributed by atoms with Gasteiger partial charge in [0.25, 0.3) is 5.91 Å². The van der Waals surface area contributed by atoms with Gasteiger partial charge in [-0.15, -0.1) is 0 Å². The number of hydrogen-bond acceptors (Lipinski definition) is 8. The number of carbonyl (C=O) groups is 4. The zero-order valence-electron chi connectivity index (χ0n) is 28.3. The van der Waals surface area contributed by atoms with Crippen LogP contribution >= 0.6 is 0 Å².